The fourth-order valence-electron chi connectivity index (χ4n) is 1.49. The zero-order chi connectivity index (χ0) is 14.0. The standard InChI is InChI=1S/C13H8ClF2NOS/c14-9-5-4-7(19)6-8(9)13(18)17-12-10(15)2-1-3-11(12)16/h1-6,19H,(H,17,18). The molecule has 0 aliphatic carbocycles. The normalized spacial score (nSPS) is 10.3. The van der Waals surface area contributed by atoms with Gasteiger partial charge in [0.05, 0.1) is 10.6 Å². The molecular weight excluding hydrogens is 292 g/mol. The number of anilines is 1. The van der Waals surface area contributed by atoms with Crippen molar-refractivity contribution in [3.05, 3.63) is 58.6 Å². The van der Waals surface area contributed by atoms with Crippen molar-refractivity contribution in [3.63, 3.8) is 0 Å². The van der Waals surface area contributed by atoms with E-state index in [-0.39, 0.29) is 10.6 Å². The number of carbonyl (C=O) groups excluding carboxylic acids is 1. The van der Waals surface area contributed by atoms with Gasteiger partial charge in [0.25, 0.3) is 5.91 Å². The van der Waals surface area contributed by atoms with Gasteiger partial charge in [-0.1, -0.05) is 17.7 Å². The van der Waals surface area contributed by atoms with E-state index in [0.29, 0.717) is 4.90 Å². The van der Waals surface area contributed by atoms with Gasteiger partial charge in [-0.15, -0.1) is 12.6 Å². The maximum absolute atomic E-state index is 13.4. The van der Waals surface area contributed by atoms with Gasteiger partial charge in [-0.25, -0.2) is 8.78 Å². The number of carbonyl (C=O) groups is 1. The lowest BCUT2D eigenvalue weighted by Gasteiger charge is -2.09. The predicted molar refractivity (Wildman–Crippen MR) is 73.0 cm³/mol. The van der Waals surface area contributed by atoms with Gasteiger partial charge in [-0.2, -0.15) is 0 Å². The van der Waals surface area contributed by atoms with Crippen LogP contribution >= 0.6 is 24.2 Å². The number of nitrogens with one attached hydrogen (secondary N) is 1. The van der Waals surface area contributed by atoms with Crippen LogP contribution in [0.15, 0.2) is 41.3 Å². The minimum absolute atomic E-state index is 0.0943. The predicted octanol–water partition coefficient (Wildman–Crippen LogP) is 4.16. The number of rotatable bonds is 2. The van der Waals surface area contributed by atoms with E-state index in [0.717, 1.165) is 12.1 Å². The number of benzene rings is 2. The van der Waals surface area contributed by atoms with Crippen LogP contribution < -0.4 is 5.32 Å². The molecule has 98 valence electrons. The average Bonchev–Trinajstić information content (AvgIpc) is 2.37. The summed E-state index contributed by atoms with van der Waals surface area (Å²) in [6.07, 6.45) is 0. The molecule has 0 aromatic heterocycles. The van der Waals surface area contributed by atoms with Gasteiger partial charge < -0.3 is 5.32 Å². The highest BCUT2D eigenvalue weighted by atomic mass is 35.5. The van der Waals surface area contributed by atoms with Crippen LogP contribution in [0.5, 0.6) is 0 Å². The Kier molecular flexibility index (Phi) is 4.07. The Labute approximate surface area is 118 Å². The van der Waals surface area contributed by atoms with Crippen LogP contribution in [0.4, 0.5) is 14.5 Å². The second-order valence-corrected chi connectivity index (χ2v) is 4.64. The highest BCUT2D eigenvalue weighted by Crippen LogP contribution is 2.23. The molecule has 0 aliphatic heterocycles. The van der Waals surface area contributed by atoms with E-state index < -0.39 is 23.2 Å². The zero-order valence-corrected chi connectivity index (χ0v) is 11.1. The van der Waals surface area contributed by atoms with Crippen LogP contribution in [0, 0.1) is 11.6 Å². The molecule has 0 spiro atoms. The monoisotopic (exact) mass is 299 g/mol. The summed E-state index contributed by atoms with van der Waals surface area (Å²) in [4.78, 5) is 12.4. The summed E-state index contributed by atoms with van der Waals surface area (Å²) in [5, 5.41) is 2.33. The lowest BCUT2D eigenvalue weighted by atomic mass is 10.2. The third-order valence-electron chi connectivity index (χ3n) is 2.40. The van der Waals surface area contributed by atoms with Crippen LogP contribution in [0.3, 0.4) is 0 Å². The van der Waals surface area contributed by atoms with Gasteiger partial charge in [0.1, 0.15) is 17.3 Å². The molecule has 0 saturated carbocycles. The van der Waals surface area contributed by atoms with Gasteiger partial charge >= 0.3 is 0 Å². The number of para-hydroxylation sites is 1. The maximum Gasteiger partial charge on any atom is 0.257 e. The molecule has 2 nitrogen and oxygen atoms in total. The quantitative estimate of drug-likeness (QED) is 0.801. The summed E-state index contributed by atoms with van der Waals surface area (Å²) >= 11 is 9.93. The van der Waals surface area contributed by atoms with E-state index in [1.807, 2.05) is 0 Å². The second kappa shape index (κ2) is 5.59. The number of hydrogen-bond donors (Lipinski definition) is 2. The second-order valence-electron chi connectivity index (χ2n) is 3.71. The van der Waals surface area contributed by atoms with Crippen LogP contribution in [0.25, 0.3) is 0 Å². The Hall–Kier alpha value is -1.59. The van der Waals surface area contributed by atoms with Crippen molar-refractivity contribution in [1.29, 1.82) is 0 Å². The Morgan fingerprint density at radius 3 is 2.42 bits per heavy atom. The topological polar surface area (TPSA) is 29.1 Å². The summed E-state index contributed by atoms with van der Waals surface area (Å²) in [5.41, 5.74) is -0.412. The van der Waals surface area contributed by atoms with Crippen molar-refractivity contribution in [2.24, 2.45) is 0 Å². The van der Waals surface area contributed by atoms with Crippen molar-refractivity contribution < 1.29 is 13.6 Å². The number of halogens is 3. The summed E-state index contributed by atoms with van der Waals surface area (Å²) in [6.45, 7) is 0. The summed E-state index contributed by atoms with van der Waals surface area (Å²) in [5.74, 6) is -2.41. The SMILES string of the molecule is O=C(Nc1c(F)cccc1F)c1cc(S)ccc1Cl. The van der Waals surface area contributed by atoms with E-state index in [4.69, 9.17) is 11.6 Å². The summed E-state index contributed by atoms with van der Waals surface area (Å²) < 4.78 is 26.8. The molecule has 0 atom stereocenters. The van der Waals surface area contributed by atoms with E-state index in [2.05, 4.69) is 17.9 Å². The molecule has 0 heterocycles. The van der Waals surface area contributed by atoms with Crippen molar-refractivity contribution in [1.82, 2.24) is 0 Å². The lowest BCUT2D eigenvalue weighted by molar-refractivity contribution is 0.102. The minimum Gasteiger partial charge on any atom is -0.317 e. The van der Waals surface area contributed by atoms with E-state index in [1.54, 1.807) is 6.07 Å². The number of thiol groups is 1. The molecule has 0 unspecified atom stereocenters. The van der Waals surface area contributed by atoms with Crippen LogP contribution in [0.2, 0.25) is 5.02 Å². The fourth-order valence-corrected chi connectivity index (χ4v) is 1.89. The molecule has 0 fully saturated rings. The van der Waals surface area contributed by atoms with Crippen LogP contribution in [0.1, 0.15) is 10.4 Å². The average molecular weight is 300 g/mol. The summed E-state index contributed by atoms with van der Waals surface area (Å²) in [7, 11) is 0. The largest absolute Gasteiger partial charge is 0.317 e. The highest BCUT2D eigenvalue weighted by Gasteiger charge is 2.15. The van der Waals surface area contributed by atoms with Gasteiger partial charge in [0.15, 0.2) is 0 Å². The first-order valence-corrected chi connectivity index (χ1v) is 6.05. The van der Waals surface area contributed by atoms with Crippen LogP contribution in [-0.4, -0.2) is 5.91 Å². The molecule has 1 amide bonds. The van der Waals surface area contributed by atoms with Crippen LogP contribution in [-0.2, 0) is 0 Å². The fraction of sp³-hybridized carbons (Fsp3) is 0. The Balaban J connectivity index is 2.34. The maximum atomic E-state index is 13.4. The Bertz CT molecular complexity index is 628. The third kappa shape index (κ3) is 3.05. The molecule has 0 saturated heterocycles. The van der Waals surface area contributed by atoms with Crippen molar-refractivity contribution >= 4 is 35.8 Å². The van der Waals surface area contributed by atoms with Crippen molar-refractivity contribution in [2.75, 3.05) is 5.32 Å². The first-order chi connectivity index (χ1) is 8.99. The molecule has 19 heavy (non-hydrogen) atoms. The molecule has 0 aliphatic rings. The lowest BCUT2D eigenvalue weighted by Crippen LogP contribution is -2.14. The molecule has 0 radical (unpaired) electrons. The van der Waals surface area contributed by atoms with Gasteiger partial charge in [0, 0.05) is 4.90 Å². The van der Waals surface area contributed by atoms with E-state index in [9.17, 15) is 13.6 Å². The molecule has 6 heteroatoms. The van der Waals surface area contributed by atoms with Gasteiger partial charge in [-0.05, 0) is 30.3 Å². The highest BCUT2D eigenvalue weighted by molar-refractivity contribution is 7.80. The van der Waals surface area contributed by atoms with Gasteiger partial charge in [0.2, 0.25) is 0 Å². The molecule has 1 N–H and O–H groups in total. The summed E-state index contributed by atoms with van der Waals surface area (Å²) in [6, 6.07) is 7.81. The van der Waals surface area contributed by atoms with E-state index >= 15 is 0 Å². The molecular formula is C13H8ClF2NOS. The Morgan fingerprint density at radius 2 is 1.79 bits per heavy atom. The smallest absolute Gasteiger partial charge is 0.257 e. The van der Waals surface area contributed by atoms with E-state index in [1.165, 1.54) is 18.2 Å². The molecule has 2 aromatic carbocycles. The number of amides is 1. The molecule has 2 rings (SSSR count). The zero-order valence-electron chi connectivity index (χ0n) is 9.45. The number of hydrogen-bond acceptors (Lipinski definition) is 2. The molecule has 0 bridgehead atoms. The van der Waals surface area contributed by atoms with Gasteiger partial charge in [-0.3, -0.25) is 4.79 Å². The minimum atomic E-state index is -0.855. The van der Waals surface area contributed by atoms with Crippen molar-refractivity contribution in [2.45, 2.75) is 4.90 Å². The first-order valence-electron chi connectivity index (χ1n) is 5.23. The third-order valence-corrected chi connectivity index (χ3v) is 3.00. The molecule has 2 aromatic rings. The first kappa shape index (κ1) is 13.8. The Morgan fingerprint density at radius 1 is 1.16 bits per heavy atom. The van der Waals surface area contributed by atoms with Crippen molar-refractivity contribution in [3.8, 4) is 0 Å².